The summed E-state index contributed by atoms with van der Waals surface area (Å²) < 4.78 is 11.1. The van der Waals surface area contributed by atoms with E-state index >= 15 is 0 Å². The number of hydrogen-bond acceptors (Lipinski definition) is 7. The number of ether oxygens (including phenoxy) is 2. The topological polar surface area (TPSA) is 108 Å². The molecule has 4 rings (SSSR count). The maximum atomic E-state index is 13.2. The molecular weight excluding hydrogens is 460 g/mol. The number of benzene rings is 2. The minimum atomic E-state index is -0.862. The number of dihydropyridines is 1. The quantitative estimate of drug-likeness (QED) is 0.260. The number of nitro groups is 1. The highest BCUT2D eigenvalue weighted by atomic mass is 35.5. The van der Waals surface area contributed by atoms with Crippen LogP contribution < -0.4 is 10.1 Å². The molecular formula is C25H23ClN2O6. The average molecular weight is 483 g/mol. The van der Waals surface area contributed by atoms with Crippen molar-refractivity contribution >= 4 is 29.0 Å². The first-order valence-corrected chi connectivity index (χ1v) is 11.3. The third-order valence-electron chi connectivity index (χ3n) is 5.83. The van der Waals surface area contributed by atoms with Crippen molar-refractivity contribution in [2.24, 2.45) is 0 Å². The molecule has 1 heterocycles. The number of rotatable bonds is 7. The Bertz CT molecular complexity index is 1210. The summed E-state index contributed by atoms with van der Waals surface area (Å²) in [5.41, 5.74) is 2.00. The Morgan fingerprint density at radius 1 is 1.18 bits per heavy atom. The lowest BCUT2D eigenvalue weighted by atomic mass is 9.75. The lowest BCUT2D eigenvalue weighted by Gasteiger charge is -2.34. The van der Waals surface area contributed by atoms with Crippen LogP contribution in [0.3, 0.4) is 0 Å². The molecule has 1 aliphatic heterocycles. The second-order valence-electron chi connectivity index (χ2n) is 8.03. The summed E-state index contributed by atoms with van der Waals surface area (Å²) >= 11 is 6.45. The van der Waals surface area contributed by atoms with Gasteiger partial charge in [0.2, 0.25) is 0 Å². The van der Waals surface area contributed by atoms with Crippen molar-refractivity contribution < 1.29 is 24.0 Å². The number of carbonyl (C=O) groups is 2. The van der Waals surface area contributed by atoms with Crippen molar-refractivity contribution in [2.45, 2.75) is 32.1 Å². The van der Waals surface area contributed by atoms with Gasteiger partial charge in [-0.2, -0.15) is 0 Å². The number of ketones is 1. The highest BCUT2D eigenvalue weighted by Gasteiger charge is 2.40. The zero-order chi connectivity index (χ0) is 24.2. The molecule has 176 valence electrons. The van der Waals surface area contributed by atoms with Crippen LogP contribution in [0.4, 0.5) is 5.69 Å². The van der Waals surface area contributed by atoms with E-state index in [0.29, 0.717) is 47.5 Å². The van der Waals surface area contributed by atoms with Crippen molar-refractivity contribution in [3.63, 3.8) is 0 Å². The maximum absolute atomic E-state index is 13.2. The summed E-state index contributed by atoms with van der Waals surface area (Å²) in [6.45, 7) is 1.85. The predicted octanol–water partition coefficient (Wildman–Crippen LogP) is 4.84. The molecule has 8 nitrogen and oxygen atoms in total. The van der Waals surface area contributed by atoms with E-state index < -0.39 is 16.8 Å². The molecule has 9 heteroatoms. The van der Waals surface area contributed by atoms with Crippen LogP contribution >= 0.6 is 11.6 Å². The Hall–Kier alpha value is -3.65. The van der Waals surface area contributed by atoms with E-state index in [0.717, 1.165) is 0 Å². The van der Waals surface area contributed by atoms with E-state index in [9.17, 15) is 19.7 Å². The minimum absolute atomic E-state index is 0.0141. The van der Waals surface area contributed by atoms with Gasteiger partial charge < -0.3 is 14.8 Å². The Kier molecular flexibility index (Phi) is 6.98. The third-order valence-corrected chi connectivity index (χ3v) is 6.17. The van der Waals surface area contributed by atoms with E-state index in [1.807, 2.05) is 18.2 Å². The van der Waals surface area contributed by atoms with Crippen LogP contribution in [0.15, 0.2) is 71.1 Å². The first-order valence-electron chi connectivity index (χ1n) is 10.9. The number of non-ortho nitro benzene ring substituents is 1. The monoisotopic (exact) mass is 482 g/mol. The van der Waals surface area contributed by atoms with Crippen LogP contribution in [-0.2, 0) is 14.3 Å². The summed E-state index contributed by atoms with van der Waals surface area (Å²) in [5, 5.41) is 14.8. The third kappa shape index (κ3) is 4.82. The fraction of sp³-hybridized carbons (Fsp3) is 0.280. The number of nitrogens with zero attached hydrogens (tertiary/aromatic N) is 1. The van der Waals surface area contributed by atoms with Crippen molar-refractivity contribution in [3.8, 4) is 5.75 Å². The highest BCUT2D eigenvalue weighted by Crippen LogP contribution is 2.45. The number of nitrogens with one attached hydrogen (secondary N) is 1. The summed E-state index contributed by atoms with van der Waals surface area (Å²) in [5.74, 6) is -0.971. The van der Waals surface area contributed by atoms with E-state index in [4.69, 9.17) is 21.1 Å². The zero-order valence-corrected chi connectivity index (χ0v) is 19.3. The fourth-order valence-corrected chi connectivity index (χ4v) is 4.55. The molecule has 0 saturated carbocycles. The van der Waals surface area contributed by atoms with Crippen LogP contribution in [0.2, 0.25) is 5.02 Å². The molecule has 0 bridgehead atoms. The van der Waals surface area contributed by atoms with Crippen molar-refractivity contribution in [1.82, 2.24) is 5.32 Å². The molecule has 2 aromatic carbocycles. The van der Waals surface area contributed by atoms with E-state index in [1.54, 1.807) is 19.1 Å². The van der Waals surface area contributed by atoms with Gasteiger partial charge in [-0.15, -0.1) is 0 Å². The number of halogens is 1. The maximum Gasteiger partial charge on any atom is 0.336 e. The molecule has 1 aliphatic carbocycles. The molecule has 34 heavy (non-hydrogen) atoms. The Morgan fingerprint density at radius 3 is 2.68 bits per heavy atom. The second-order valence-corrected chi connectivity index (χ2v) is 8.43. The normalized spacial score (nSPS) is 17.7. The van der Waals surface area contributed by atoms with Crippen LogP contribution in [0, 0.1) is 10.1 Å². The van der Waals surface area contributed by atoms with Gasteiger partial charge in [0.05, 0.1) is 10.5 Å². The lowest BCUT2D eigenvalue weighted by molar-refractivity contribution is -0.384. The summed E-state index contributed by atoms with van der Waals surface area (Å²) in [6.07, 6.45) is 1.65. The Labute approximate surface area is 201 Å². The molecule has 0 saturated heterocycles. The van der Waals surface area contributed by atoms with Crippen LogP contribution in [0.25, 0.3) is 0 Å². The number of hydrogen-bond donors (Lipinski definition) is 1. The average Bonchev–Trinajstić information content (AvgIpc) is 2.82. The number of esters is 1. The van der Waals surface area contributed by atoms with Gasteiger partial charge in [-0.05, 0) is 43.5 Å². The van der Waals surface area contributed by atoms with Crippen molar-refractivity contribution in [1.29, 1.82) is 0 Å². The molecule has 0 fully saturated rings. The number of nitro benzene ring substituents is 1. The fourth-order valence-electron chi connectivity index (χ4n) is 4.32. The Balaban J connectivity index is 1.64. The van der Waals surface area contributed by atoms with Crippen molar-refractivity contribution in [2.75, 3.05) is 13.2 Å². The van der Waals surface area contributed by atoms with Gasteiger partial charge in [0, 0.05) is 46.5 Å². The number of allylic oxidation sites excluding steroid dienone is 3. The van der Waals surface area contributed by atoms with Gasteiger partial charge in [-0.3, -0.25) is 14.9 Å². The zero-order valence-electron chi connectivity index (χ0n) is 18.5. The molecule has 1 atom stereocenters. The number of para-hydroxylation sites is 1. The SMILES string of the molecule is CC1=C(C(=O)OCCOc2ccccc2)[C@@H](c2cc([N+](=O)[O-])ccc2Cl)C2=C(CCCC2=O)N1. The highest BCUT2D eigenvalue weighted by molar-refractivity contribution is 6.31. The minimum Gasteiger partial charge on any atom is -0.490 e. The smallest absolute Gasteiger partial charge is 0.336 e. The standard InChI is InChI=1S/C25H23ClN2O6/c1-15-22(25(30)34-13-12-33-17-6-3-2-4-7-17)23(24-20(27-15)8-5-9-21(24)29)18-14-16(28(31)32)10-11-19(18)26/h2-4,6-7,10-11,14,23,27H,5,8-9,12-13H2,1H3/t23-/m1/s1. The van der Waals surface area contributed by atoms with Crippen LogP contribution in [-0.4, -0.2) is 29.9 Å². The number of carbonyl (C=O) groups excluding carboxylic acids is 2. The van der Waals surface area contributed by atoms with E-state index in [-0.39, 0.29) is 35.3 Å². The lowest BCUT2D eigenvalue weighted by Crippen LogP contribution is -2.34. The van der Waals surface area contributed by atoms with E-state index in [2.05, 4.69) is 5.32 Å². The van der Waals surface area contributed by atoms with Gasteiger partial charge in [0.25, 0.3) is 5.69 Å². The molecule has 0 amide bonds. The second kappa shape index (κ2) is 10.1. The molecule has 1 N–H and O–H groups in total. The summed E-state index contributed by atoms with van der Waals surface area (Å²) in [4.78, 5) is 37.1. The van der Waals surface area contributed by atoms with Gasteiger partial charge in [-0.1, -0.05) is 29.8 Å². The largest absolute Gasteiger partial charge is 0.490 e. The predicted molar refractivity (Wildman–Crippen MR) is 125 cm³/mol. The summed E-state index contributed by atoms with van der Waals surface area (Å²) in [6, 6.07) is 13.2. The Morgan fingerprint density at radius 2 is 1.94 bits per heavy atom. The van der Waals surface area contributed by atoms with Gasteiger partial charge in [0.1, 0.15) is 19.0 Å². The van der Waals surface area contributed by atoms with Gasteiger partial charge in [-0.25, -0.2) is 4.79 Å². The van der Waals surface area contributed by atoms with Crippen molar-refractivity contribution in [3.05, 3.63) is 91.8 Å². The molecule has 0 unspecified atom stereocenters. The molecule has 0 spiro atoms. The van der Waals surface area contributed by atoms with E-state index in [1.165, 1.54) is 18.2 Å². The molecule has 0 radical (unpaired) electrons. The molecule has 2 aromatic rings. The van der Waals surface area contributed by atoms with Gasteiger partial charge in [0.15, 0.2) is 5.78 Å². The van der Waals surface area contributed by atoms with Crippen LogP contribution in [0.1, 0.15) is 37.7 Å². The first-order chi connectivity index (χ1) is 16.4. The van der Waals surface area contributed by atoms with Crippen LogP contribution in [0.5, 0.6) is 5.75 Å². The van der Waals surface area contributed by atoms with Gasteiger partial charge >= 0.3 is 5.97 Å². The molecule has 2 aliphatic rings. The summed E-state index contributed by atoms with van der Waals surface area (Å²) in [7, 11) is 0. The molecule has 0 aromatic heterocycles. The first kappa shape index (κ1) is 23.5. The number of Topliss-reactive ketones (excluding diaryl/α,β-unsaturated/α-hetero) is 1.